The SMILES string of the molecule is CCCn1nccc1CNc1ccc(OCC)cc1. The van der Waals surface area contributed by atoms with Crippen molar-refractivity contribution < 1.29 is 4.74 Å². The van der Waals surface area contributed by atoms with Gasteiger partial charge in [0.2, 0.25) is 0 Å². The molecule has 2 rings (SSSR count). The van der Waals surface area contributed by atoms with E-state index in [0.717, 1.165) is 30.9 Å². The Bertz CT molecular complexity index is 490. The summed E-state index contributed by atoms with van der Waals surface area (Å²) >= 11 is 0. The molecule has 0 saturated carbocycles. The van der Waals surface area contributed by atoms with E-state index in [2.05, 4.69) is 23.4 Å². The molecule has 0 saturated heterocycles. The van der Waals surface area contributed by atoms with Crippen LogP contribution < -0.4 is 10.1 Å². The highest BCUT2D eigenvalue weighted by molar-refractivity contribution is 5.46. The highest BCUT2D eigenvalue weighted by atomic mass is 16.5. The van der Waals surface area contributed by atoms with Crippen LogP contribution in [0.5, 0.6) is 5.75 Å². The van der Waals surface area contributed by atoms with Crippen molar-refractivity contribution in [2.45, 2.75) is 33.4 Å². The van der Waals surface area contributed by atoms with Crippen LogP contribution in [0.2, 0.25) is 0 Å². The van der Waals surface area contributed by atoms with Crippen molar-refractivity contribution >= 4 is 5.69 Å². The highest BCUT2D eigenvalue weighted by Crippen LogP contribution is 2.16. The van der Waals surface area contributed by atoms with Crippen LogP contribution in [-0.2, 0) is 13.1 Å². The fourth-order valence-corrected chi connectivity index (χ4v) is 1.95. The molecule has 102 valence electrons. The number of rotatable bonds is 7. The third-order valence-electron chi connectivity index (χ3n) is 2.88. The number of anilines is 1. The van der Waals surface area contributed by atoms with E-state index in [1.54, 1.807) is 0 Å². The second-order valence-electron chi connectivity index (χ2n) is 4.36. The van der Waals surface area contributed by atoms with Gasteiger partial charge in [0.05, 0.1) is 18.8 Å². The lowest BCUT2D eigenvalue weighted by molar-refractivity contribution is 0.340. The molecule has 0 spiro atoms. The Labute approximate surface area is 114 Å². The average Bonchev–Trinajstić information content (AvgIpc) is 2.86. The van der Waals surface area contributed by atoms with E-state index < -0.39 is 0 Å². The summed E-state index contributed by atoms with van der Waals surface area (Å²) in [6, 6.07) is 10.1. The molecule has 0 amide bonds. The van der Waals surface area contributed by atoms with Crippen molar-refractivity contribution in [3.8, 4) is 5.75 Å². The van der Waals surface area contributed by atoms with Gasteiger partial charge in [-0.1, -0.05) is 6.92 Å². The molecule has 4 heteroatoms. The van der Waals surface area contributed by atoms with Gasteiger partial charge in [-0.05, 0) is 43.7 Å². The van der Waals surface area contributed by atoms with Gasteiger partial charge in [-0.2, -0.15) is 5.10 Å². The molecule has 2 aromatic rings. The average molecular weight is 259 g/mol. The van der Waals surface area contributed by atoms with E-state index >= 15 is 0 Å². The molecule has 0 radical (unpaired) electrons. The van der Waals surface area contributed by atoms with Crippen LogP contribution in [0.4, 0.5) is 5.69 Å². The summed E-state index contributed by atoms with van der Waals surface area (Å²) in [6.07, 6.45) is 2.95. The van der Waals surface area contributed by atoms with Crippen molar-refractivity contribution in [2.24, 2.45) is 0 Å². The molecule has 0 aliphatic heterocycles. The van der Waals surface area contributed by atoms with Crippen LogP contribution in [-0.4, -0.2) is 16.4 Å². The lowest BCUT2D eigenvalue weighted by Crippen LogP contribution is -2.08. The molecular formula is C15H21N3O. The number of nitrogens with zero attached hydrogens (tertiary/aromatic N) is 2. The van der Waals surface area contributed by atoms with Crippen LogP contribution in [0.25, 0.3) is 0 Å². The zero-order valence-corrected chi connectivity index (χ0v) is 11.6. The number of nitrogens with one attached hydrogen (secondary N) is 1. The largest absolute Gasteiger partial charge is 0.494 e. The van der Waals surface area contributed by atoms with Crippen molar-refractivity contribution in [1.29, 1.82) is 0 Å². The van der Waals surface area contributed by atoms with E-state index in [-0.39, 0.29) is 0 Å². The number of aromatic nitrogens is 2. The van der Waals surface area contributed by atoms with Crippen LogP contribution >= 0.6 is 0 Å². The quantitative estimate of drug-likeness (QED) is 0.829. The Morgan fingerprint density at radius 3 is 2.63 bits per heavy atom. The topological polar surface area (TPSA) is 39.1 Å². The van der Waals surface area contributed by atoms with Gasteiger partial charge < -0.3 is 10.1 Å². The van der Waals surface area contributed by atoms with Gasteiger partial charge >= 0.3 is 0 Å². The summed E-state index contributed by atoms with van der Waals surface area (Å²) in [7, 11) is 0. The standard InChI is InChI=1S/C15H21N3O/c1-3-11-18-14(9-10-17-18)12-16-13-5-7-15(8-6-13)19-4-2/h5-10,16H,3-4,11-12H2,1-2H3. The fraction of sp³-hybridized carbons (Fsp3) is 0.400. The molecule has 0 atom stereocenters. The highest BCUT2D eigenvalue weighted by Gasteiger charge is 2.01. The van der Waals surface area contributed by atoms with Gasteiger partial charge in [0, 0.05) is 18.4 Å². The van der Waals surface area contributed by atoms with Crippen LogP contribution in [0.1, 0.15) is 26.0 Å². The fourth-order valence-electron chi connectivity index (χ4n) is 1.95. The summed E-state index contributed by atoms with van der Waals surface area (Å²) in [5.41, 5.74) is 2.29. The van der Waals surface area contributed by atoms with Gasteiger partial charge in [0.15, 0.2) is 0 Å². The van der Waals surface area contributed by atoms with E-state index in [1.807, 2.05) is 42.1 Å². The Balaban J connectivity index is 1.92. The molecule has 19 heavy (non-hydrogen) atoms. The third-order valence-corrected chi connectivity index (χ3v) is 2.88. The summed E-state index contributed by atoms with van der Waals surface area (Å²) in [4.78, 5) is 0. The van der Waals surface area contributed by atoms with Gasteiger partial charge in [0.1, 0.15) is 5.75 Å². The minimum Gasteiger partial charge on any atom is -0.494 e. The second kappa shape index (κ2) is 6.83. The van der Waals surface area contributed by atoms with Crippen molar-refractivity contribution in [1.82, 2.24) is 9.78 Å². The van der Waals surface area contributed by atoms with Gasteiger partial charge in [-0.3, -0.25) is 4.68 Å². The van der Waals surface area contributed by atoms with Crippen LogP contribution in [0.3, 0.4) is 0 Å². The van der Waals surface area contributed by atoms with Crippen LogP contribution in [0.15, 0.2) is 36.5 Å². The predicted octanol–water partition coefficient (Wildman–Crippen LogP) is 3.30. The molecular weight excluding hydrogens is 238 g/mol. The molecule has 0 fully saturated rings. The summed E-state index contributed by atoms with van der Waals surface area (Å²) in [5, 5.41) is 7.71. The van der Waals surface area contributed by atoms with E-state index in [4.69, 9.17) is 4.74 Å². The normalized spacial score (nSPS) is 10.4. The Hall–Kier alpha value is -1.97. The predicted molar refractivity (Wildman–Crippen MR) is 77.5 cm³/mol. The zero-order chi connectivity index (χ0) is 13.5. The maximum absolute atomic E-state index is 5.42. The first-order valence-corrected chi connectivity index (χ1v) is 6.81. The Kier molecular flexibility index (Phi) is 4.84. The number of ether oxygens (including phenoxy) is 1. The molecule has 1 aromatic carbocycles. The Morgan fingerprint density at radius 2 is 1.95 bits per heavy atom. The molecule has 1 N–H and O–H groups in total. The second-order valence-corrected chi connectivity index (χ2v) is 4.36. The molecule has 1 heterocycles. The third kappa shape index (κ3) is 3.74. The van der Waals surface area contributed by atoms with Gasteiger partial charge in [-0.15, -0.1) is 0 Å². The first-order chi connectivity index (χ1) is 9.33. The van der Waals surface area contributed by atoms with E-state index in [1.165, 1.54) is 5.69 Å². The van der Waals surface area contributed by atoms with Crippen LogP contribution in [0, 0.1) is 0 Å². The number of aryl methyl sites for hydroxylation is 1. The molecule has 0 bridgehead atoms. The lowest BCUT2D eigenvalue weighted by Gasteiger charge is -2.09. The summed E-state index contributed by atoms with van der Waals surface area (Å²) in [5.74, 6) is 0.907. The smallest absolute Gasteiger partial charge is 0.119 e. The maximum atomic E-state index is 5.42. The minimum atomic E-state index is 0.697. The van der Waals surface area contributed by atoms with Crippen molar-refractivity contribution in [3.05, 3.63) is 42.2 Å². The number of hydrogen-bond donors (Lipinski definition) is 1. The minimum absolute atomic E-state index is 0.697. The number of hydrogen-bond acceptors (Lipinski definition) is 3. The molecule has 1 aromatic heterocycles. The maximum Gasteiger partial charge on any atom is 0.119 e. The van der Waals surface area contributed by atoms with E-state index in [0.29, 0.717) is 6.61 Å². The first-order valence-electron chi connectivity index (χ1n) is 6.81. The van der Waals surface area contributed by atoms with E-state index in [9.17, 15) is 0 Å². The lowest BCUT2D eigenvalue weighted by atomic mass is 10.3. The number of benzene rings is 1. The van der Waals surface area contributed by atoms with Gasteiger partial charge in [-0.25, -0.2) is 0 Å². The molecule has 0 aliphatic rings. The molecule has 0 unspecified atom stereocenters. The van der Waals surface area contributed by atoms with Gasteiger partial charge in [0.25, 0.3) is 0 Å². The first kappa shape index (κ1) is 13.5. The van der Waals surface area contributed by atoms with Crippen molar-refractivity contribution in [3.63, 3.8) is 0 Å². The Morgan fingerprint density at radius 1 is 1.16 bits per heavy atom. The summed E-state index contributed by atoms with van der Waals surface area (Å²) < 4.78 is 7.46. The molecule has 4 nitrogen and oxygen atoms in total. The van der Waals surface area contributed by atoms with Crippen molar-refractivity contribution in [2.75, 3.05) is 11.9 Å². The summed E-state index contributed by atoms with van der Waals surface area (Å²) in [6.45, 7) is 6.59. The zero-order valence-electron chi connectivity index (χ0n) is 11.6. The monoisotopic (exact) mass is 259 g/mol. The molecule has 0 aliphatic carbocycles.